The Balaban J connectivity index is 1.38. The van der Waals surface area contributed by atoms with Gasteiger partial charge in [0, 0.05) is 37.0 Å². The first-order chi connectivity index (χ1) is 21.7. The molecule has 0 unspecified atom stereocenters. The zero-order chi connectivity index (χ0) is 32.4. The van der Waals surface area contributed by atoms with Crippen LogP contribution in [0, 0.1) is 0 Å². The molecule has 0 aliphatic carbocycles. The highest BCUT2D eigenvalue weighted by atomic mass is 35.5. The molecule has 0 radical (unpaired) electrons. The normalized spacial score (nSPS) is 13.2. The number of carbonyl (C=O) groups excluding carboxylic acids is 2. The molecule has 0 atom stereocenters. The van der Waals surface area contributed by atoms with Gasteiger partial charge in [0.2, 0.25) is 0 Å². The van der Waals surface area contributed by atoms with Gasteiger partial charge in [-0.15, -0.1) is 23.2 Å². The van der Waals surface area contributed by atoms with Crippen molar-refractivity contribution in [2.24, 2.45) is 0 Å². The number of allylic oxidation sites excluding steroid dienone is 1. The minimum Gasteiger partial charge on any atom is -0.496 e. The van der Waals surface area contributed by atoms with E-state index in [0.29, 0.717) is 46.6 Å². The van der Waals surface area contributed by atoms with Crippen molar-refractivity contribution in [1.82, 2.24) is 0 Å². The van der Waals surface area contributed by atoms with Gasteiger partial charge in [0.1, 0.15) is 17.1 Å². The van der Waals surface area contributed by atoms with E-state index in [0.717, 1.165) is 36.3 Å². The number of nitrogens with zero attached hydrogens (tertiary/aromatic N) is 1. The number of ketones is 1. The Morgan fingerprint density at radius 3 is 2.27 bits per heavy atom. The molecule has 0 saturated heterocycles. The Morgan fingerprint density at radius 1 is 0.911 bits per heavy atom. The Bertz CT molecular complexity index is 1540. The highest BCUT2D eigenvalue weighted by molar-refractivity contribution is 6.18. The highest BCUT2D eigenvalue weighted by Gasteiger charge is 2.27. The van der Waals surface area contributed by atoms with Gasteiger partial charge in [-0.1, -0.05) is 24.3 Å². The van der Waals surface area contributed by atoms with Crippen molar-refractivity contribution >= 4 is 52.8 Å². The summed E-state index contributed by atoms with van der Waals surface area (Å²) in [6.45, 7) is 5.31. The predicted octanol–water partition coefficient (Wildman–Crippen LogP) is 8.00. The van der Waals surface area contributed by atoms with Gasteiger partial charge in [-0.2, -0.15) is 0 Å². The minimum atomic E-state index is -0.562. The molecule has 3 aromatic carbocycles. The number of aryl methyl sites for hydroxylation is 1. The summed E-state index contributed by atoms with van der Waals surface area (Å²) >= 11 is 11.8. The van der Waals surface area contributed by atoms with Crippen molar-refractivity contribution in [3.05, 3.63) is 89.0 Å². The number of hydrogen-bond acceptors (Lipinski definition) is 7. The molecule has 0 saturated carbocycles. The largest absolute Gasteiger partial charge is 0.496 e. The molecule has 0 aromatic heterocycles. The van der Waals surface area contributed by atoms with Crippen LogP contribution in [0.4, 0.5) is 5.69 Å². The first kappa shape index (κ1) is 33.9. The molecule has 0 bridgehead atoms. The molecular formula is C36H39Cl2NO6. The third-order valence-electron chi connectivity index (χ3n) is 7.35. The summed E-state index contributed by atoms with van der Waals surface area (Å²) < 4.78 is 22.7. The summed E-state index contributed by atoms with van der Waals surface area (Å²) in [5.41, 5.74) is 3.46. The summed E-state index contributed by atoms with van der Waals surface area (Å²) in [5, 5.41) is 0. The number of carbonyl (C=O) groups is 2. The van der Waals surface area contributed by atoms with Crippen LogP contribution in [-0.4, -0.2) is 56.4 Å². The van der Waals surface area contributed by atoms with E-state index in [1.165, 1.54) is 13.2 Å². The minimum absolute atomic E-state index is 0.229. The molecule has 0 N–H and O–H groups in total. The second-order valence-corrected chi connectivity index (χ2v) is 11.8. The smallest absolute Gasteiger partial charge is 0.311 e. The van der Waals surface area contributed by atoms with Crippen LogP contribution in [0.2, 0.25) is 0 Å². The molecule has 7 nitrogen and oxygen atoms in total. The first-order valence-electron chi connectivity index (χ1n) is 14.8. The maximum atomic E-state index is 13.3. The number of hydrogen-bond donors (Lipinski definition) is 0. The maximum absolute atomic E-state index is 13.3. The summed E-state index contributed by atoms with van der Waals surface area (Å²) in [6.07, 6.45) is 8.59. The fourth-order valence-electron chi connectivity index (χ4n) is 5.00. The van der Waals surface area contributed by atoms with E-state index in [9.17, 15) is 9.59 Å². The van der Waals surface area contributed by atoms with Gasteiger partial charge in [0.25, 0.3) is 0 Å². The van der Waals surface area contributed by atoms with Crippen LogP contribution >= 0.6 is 23.2 Å². The van der Waals surface area contributed by atoms with E-state index < -0.39 is 5.60 Å². The molecule has 1 aliphatic rings. The zero-order valence-corrected chi connectivity index (χ0v) is 27.6. The van der Waals surface area contributed by atoms with Crippen LogP contribution in [0.25, 0.3) is 12.2 Å². The molecule has 3 aromatic rings. The van der Waals surface area contributed by atoms with Crippen LogP contribution in [-0.2, 0) is 11.2 Å². The Kier molecular flexibility index (Phi) is 12.0. The number of benzene rings is 3. The second kappa shape index (κ2) is 15.9. The van der Waals surface area contributed by atoms with Crippen molar-refractivity contribution < 1.29 is 28.5 Å². The Labute approximate surface area is 275 Å². The molecule has 1 heterocycles. The van der Waals surface area contributed by atoms with Crippen LogP contribution < -0.4 is 23.8 Å². The van der Waals surface area contributed by atoms with Crippen LogP contribution in [0.1, 0.15) is 53.7 Å². The quantitative estimate of drug-likeness (QED) is 0.0542. The van der Waals surface area contributed by atoms with Gasteiger partial charge in [-0.25, -0.2) is 0 Å². The van der Waals surface area contributed by atoms with Crippen LogP contribution in [0.3, 0.4) is 0 Å². The molecule has 0 fully saturated rings. The van der Waals surface area contributed by atoms with E-state index in [4.69, 9.17) is 42.1 Å². The lowest BCUT2D eigenvalue weighted by molar-refractivity contribution is -0.134. The topological polar surface area (TPSA) is 74.3 Å². The second-order valence-electron chi connectivity index (χ2n) is 11.1. The molecule has 0 spiro atoms. The van der Waals surface area contributed by atoms with Gasteiger partial charge in [0.15, 0.2) is 17.3 Å². The zero-order valence-electron chi connectivity index (χ0n) is 26.1. The number of ether oxygens (including phenoxy) is 4. The number of methoxy groups -OCH3 is 2. The number of rotatable bonds is 15. The highest BCUT2D eigenvalue weighted by Crippen LogP contribution is 2.40. The SMILES string of the molecule is COc1ccc(/C=C/C(=O)c2ccc(OC)c3c2OC(C)(C)C=C3)cc1OC(=O)CCCc1ccc(N(CCCl)CCCl)cc1. The fourth-order valence-corrected chi connectivity index (χ4v) is 5.41. The van der Waals surface area contributed by atoms with Gasteiger partial charge in [0.05, 0.1) is 25.3 Å². The van der Waals surface area contributed by atoms with Crippen molar-refractivity contribution in [3.63, 3.8) is 0 Å². The third-order valence-corrected chi connectivity index (χ3v) is 7.69. The number of anilines is 1. The monoisotopic (exact) mass is 651 g/mol. The van der Waals surface area contributed by atoms with Gasteiger partial charge < -0.3 is 23.8 Å². The van der Waals surface area contributed by atoms with E-state index in [1.807, 2.05) is 26.0 Å². The van der Waals surface area contributed by atoms with Crippen molar-refractivity contribution in [2.75, 3.05) is 44.0 Å². The number of fused-ring (bicyclic) bond motifs is 1. The summed E-state index contributed by atoms with van der Waals surface area (Å²) in [7, 11) is 3.10. The lowest BCUT2D eigenvalue weighted by Gasteiger charge is -2.29. The summed E-state index contributed by atoms with van der Waals surface area (Å²) in [5.74, 6) is 2.29. The van der Waals surface area contributed by atoms with E-state index in [2.05, 4.69) is 29.2 Å². The molecule has 0 amide bonds. The maximum Gasteiger partial charge on any atom is 0.311 e. The van der Waals surface area contributed by atoms with E-state index in [-0.39, 0.29) is 23.9 Å². The van der Waals surface area contributed by atoms with Gasteiger partial charge in [-0.3, -0.25) is 9.59 Å². The van der Waals surface area contributed by atoms with Crippen molar-refractivity contribution in [3.8, 4) is 23.0 Å². The lowest BCUT2D eigenvalue weighted by atomic mass is 9.97. The van der Waals surface area contributed by atoms with Crippen LogP contribution in [0.5, 0.6) is 23.0 Å². The summed E-state index contributed by atoms with van der Waals surface area (Å²) in [4.78, 5) is 28.2. The van der Waals surface area contributed by atoms with E-state index >= 15 is 0 Å². The standard InChI is InChI=1S/C36H39Cl2NO6/c1-36(2)19-18-29-31(42-3)17-14-28(35(29)45-36)30(40)15-10-26-11-16-32(43-4)33(24-26)44-34(41)7-5-6-25-8-12-27(13-9-25)39(22-20-37)23-21-38/h8-19,24H,5-7,20-23H2,1-4H3/b15-10+. The van der Waals surface area contributed by atoms with E-state index in [1.54, 1.807) is 43.5 Å². The number of halogens is 2. The molecule has 45 heavy (non-hydrogen) atoms. The molecule has 238 valence electrons. The summed E-state index contributed by atoms with van der Waals surface area (Å²) in [6, 6.07) is 16.8. The fraction of sp³-hybridized carbons (Fsp3) is 0.333. The Hall–Kier alpha value is -3.94. The van der Waals surface area contributed by atoms with Gasteiger partial charge in [-0.05, 0) is 92.4 Å². The van der Waals surface area contributed by atoms with Gasteiger partial charge >= 0.3 is 5.97 Å². The molecule has 4 rings (SSSR count). The predicted molar refractivity (Wildman–Crippen MR) is 182 cm³/mol. The first-order valence-corrected chi connectivity index (χ1v) is 15.9. The number of esters is 1. The third kappa shape index (κ3) is 9.05. The number of alkyl halides is 2. The molecular weight excluding hydrogens is 613 g/mol. The average Bonchev–Trinajstić information content (AvgIpc) is 3.03. The average molecular weight is 653 g/mol. The molecule has 1 aliphatic heterocycles. The van der Waals surface area contributed by atoms with Crippen molar-refractivity contribution in [1.29, 1.82) is 0 Å². The Morgan fingerprint density at radius 2 is 1.60 bits per heavy atom. The van der Waals surface area contributed by atoms with Crippen molar-refractivity contribution in [2.45, 2.75) is 38.7 Å². The molecule has 9 heteroatoms. The lowest BCUT2D eigenvalue weighted by Crippen LogP contribution is -2.28. The van der Waals surface area contributed by atoms with Crippen LogP contribution in [0.15, 0.2) is 66.7 Å².